The van der Waals surface area contributed by atoms with Crippen molar-refractivity contribution in [1.29, 1.82) is 0 Å². The fourth-order valence-electron chi connectivity index (χ4n) is 5.56. The van der Waals surface area contributed by atoms with E-state index in [0.717, 1.165) is 39.0 Å². The van der Waals surface area contributed by atoms with Crippen molar-refractivity contribution in [3.63, 3.8) is 0 Å². The number of fused-ring (bicyclic) bond motifs is 2. The Labute approximate surface area is 150 Å². The Balaban J connectivity index is 0.00000146. The predicted molar refractivity (Wildman–Crippen MR) is 97.5 cm³/mol. The van der Waals surface area contributed by atoms with Crippen molar-refractivity contribution in [2.24, 2.45) is 11.3 Å². The Hall–Kier alpha value is -1.06. The van der Waals surface area contributed by atoms with Gasteiger partial charge >= 0.3 is 0 Å². The number of likely N-dealkylation sites (tertiary alicyclic amines) is 1. The van der Waals surface area contributed by atoms with Gasteiger partial charge in [-0.3, -0.25) is 4.79 Å². The Morgan fingerprint density at radius 2 is 1.92 bits per heavy atom. The zero-order chi connectivity index (χ0) is 15.5. The van der Waals surface area contributed by atoms with Crippen LogP contribution in [0.3, 0.4) is 0 Å². The van der Waals surface area contributed by atoms with Crippen molar-refractivity contribution in [2.45, 2.75) is 43.9 Å². The van der Waals surface area contributed by atoms with Gasteiger partial charge in [0, 0.05) is 31.0 Å². The molecule has 2 heterocycles. The van der Waals surface area contributed by atoms with Gasteiger partial charge in [-0.25, -0.2) is 0 Å². The molecular formula is C20H27ClN2O. The maximum atomic E-state index is 13.0. The van der Waals surface area contributed by atoms with E-state index in [9.17, 15) is 4.79 Å². The van der Waals surface area contributed by atoms with E-state index in [-0.39, 0.29) is 23.7 Å². The molecule has 130 valence electrons. The van der Waals surface area contributed by atoms with E-state index >= 15 is 0 Å². The molecule has 4 heteroatoms. The number of piperidine rings is 1. The largest absolute Gasteiger partial charge is 0.342 e. The SMILES string of the molecule is Cl.O=C(C1CC12CCc1ccccc12)N1CCC2(CCNC2)CC1. The Morgan fingerprint density at radius 1 is 1.12 bits per heavy atom. The first kappa shape index (κ1) is 16.4. The summed E-state index contributed by atoms with van der Waals surface area (Å²) in [6.07, 6.45) is 7.13. The molecule has 0 aromatic heterocycles. The highest BCUT2D eigenvalue weighted by molar-refractivity contribution is 5.85. The zero-order valence-corrected chi connectivity index (χ0v) is 15.0. The Bertz CT molecular complexity index is 645. The normalized spacial score (nSPS) is 32.7. The van der Waals surface area contributed by atoms with Crippen LogP contribution in [0.4, 0.5) is 0 Å². The van der Waals surface area contributed by atoms with Gasteiger partial charge in [0.05, 0.1) is 0 Å². The van der Waals surface area contributed by atoms with Crippen molar-refractivity contribution in [1.82, 2.24) is 10.2 Å². The molecule has 2 aliphatic carbocycles. The summed E-state index contributed by atoms with van der Waals surface area (Å²) in [4.78, 5) is 15.2. The molecule has 1 saturated carbocycles. The summed E-state index contributed by atoms with van der Waals surface area (Å²) in [6.45, 7) is 4.29. The summed E-state index contributed by atoms with van der Waals surface area (Å²) in [6, 6.07) is 8.80. The van der Waals surface area contributed by atoms with E-state index < -0.39 is 0 Å². The topological polar surface area (TPSA) is 32.3 Å². The van der Waals surface area contributed by atoms with Crippen molar-refractivity contribution in [3.05, 3.63) is 35.4 Å². The van der Waals surface area contributed by atoms with E-state index in [4.69, 9.17) is 0 Å². The average molecular weight is 347 g/mol. The van der Waals surface area contributed by atoms with Crippen molar-refractivity contribution < 1.29 is 4.79 Å². The molecule has 0 bridgehead atoms. The first-order valence-corrected chi connectivity index (χ1v) is 9.31. The average Bonchev–Trinajstić information content (AvgIpc) is 2.95. The molecule has 1 N–H and O–H groups in total. The molecule has 1 aromatic rings. The summed E-state index contributed by atoms with van der Waals surface area (Å²) in [5.74, 6) is 0.712. The summed E-state index contributed by atoms with van der Waals surface area (Å²) in [7, 11) is 0. The molecule has 4 aliphatic rings. The quantitative estimate of drug-likeness (QED) is 0.848. The summed E-state index contributed by atoms with van der Waals surface area (Å²) < 4.78 is 0. The summed E-state index contributed by atoms with van der Waals surface area (Å²) in [5.41, 5.74) is 3.67. The number of amides is 1. The minimum absolute atomic E-state index is 0. The molecule has 24 heavy (non-hydrogen) atoms. The van der Waals surface area contributed by atoms with Crippen LogP contribution < -0.4 is 5.32 Å². The fourth-order valence-corrected chi connectivity index (χ4v) is 5.56. The van der Waals surface area contributed by atoms with Crippen LogP contribution in [0.2, 0.25) is 0 Å². The van der Waals surface area contributed by atoms with Crippen LogP contribution in [-0.2, 0) is 16.6 Å². The highest BCUT2D eigenvalue weighted by Gasteiger charge is 2.62. The number of nitrogens with one attached hydrogen (secondary N) is 1. The molecule has 2 aliphatic heterocycles. The molecule has 2 saturated heterocycles. The number of aryl methyl sites for hydroxylation is 1. The molecule has 3 nitrogen and oxygen atoms in total. The molecule has 3 fully saturated rings. The molecule has 2 atom stereocenters. The minimum Gasteiger partial charge on any atom is -0.342 e. The minimum atomic E-state index is 0. The third-order valence-electron chi connectivity index (χ3n) is 7.24. The lowest BCUT2D eigenvalue weighted by molar-refractivity contribution is -0.135. The molecule has 5 rings (SSSR count). The van der Waals surface area contributed by atoms with Gasteiger partial charge in [-0.15, -0.1) is 12.4 Å². The summed E-state index contributed by atoms with van der Waals surface area (Å²) >= 11 is 0. The number of hydrogen-bond acceptors (Lipinski definition) is 2. The zero-order valence-electron chi connectivity index (χ0n) is 14.2. The summed E-state index contributed by atoms with van der Waals surface area (Å²) in [5, 5.41) is 3.51. The first-order chi connectivity index (χ1) is 11.2. The number of hydrogen-bond donors (Lipinski definition) is 1. The highest BCUT2D eigenvalue weighted by atomic mass is 35.5. The number of rotatable bonds is 1. The number of halogens is 1. The third kappa shape index (κ3) is 2.32. The van der Waals surface area contributed by atoms with Crippen LogP contribution in [0.5, 0.6) is 0 Å². The van der Waals surface area contributed by atoms with Gasteiger partial charge < -0.3 is 10.2 Å². The maximum Gasteiger partial charge on any atom is 0.226 e. The molecule has 0 radical (unpaired) electrons. The van der Waals surface area contributed by atoms with Crippen LogP contribution in [0, 0.1) is 11.3 Å². The second-order valence-corrected chi connectivity index (χ2v) is 8.32. The van der Waals surface area contributed by atoms with Crippen molar-refractivity contribution in [3.8, 4) is 0 Å². The van der Waals surface area contributed by atoms with E-state index in [1.54, 1.807) is 0 Å². The first-order valence-electron chi connectivity index (χ1n) is 9.31. The van der Waals surface area contributed by atoms with Gasteiger partial charge in [-0.05, 0) is 61.6 Å². The second kappa shape index (κ2) is 5.74. The standard InChI is InChI=1S/C20H26N2O.ClH/c23-18(22-11-8-19(9-12-22)7-10-21-14-19)17-13-20(17)6-5-15-3-1-2-4-16(15)20;/h1-4,17,21H,5-14H2;1H. The Kier molecular flexibility index (Phi) is 3.92. The van der Waals surface area contributed by atoms with Crippen LogP contribution in [0.1, 0.15) is 43.2 Å². The number of carbonyl (C=O) groups excluding carboxylic acids is 1. The monoisotopic (exact) mass is 346 g/mol. The molecule has 2 unspecified atom stereocenters. The van der Waals surface area contributed by atoms with Crippen LogP contribution in [-0.4, -0.2) is 37.0 Å². The van der Waals surface area contributed by atoms with E-state index in [0.29, 0.717) is 11.3 Å². The second-order valence-electron chi connectivity index (χ2n) is 8.32. The van der Waals surface area contributed by atoms with Gasteiger partial charge in [0.25, 0.3) is 0 Å². The molecule has 2 spiro atoms. The van der Waals surface area contributed by atoms with Gasteiger partial charge in [0.2, 0.25) is 5.91 Å². The van der Waals surface area contributed by atoms with Crippen LogP contribution in [0.15, 0.2) is 24.3 Å². The smallest absolute Gasteiger partial charge is 0.226 e. The molecular weight excluding hydrogens is 320 g/mol. The van der Waals surface area contributed by atoms with Gasteiger partial charge in [0.1, 0.15) is 0 Å². The van der Waals surface area contributed by atoms with E-state index in [1.165, 1.54) is 36.8 Å². The number of benzene rings is 1. The fraction of sp³-hybridized carbons (Fsp3) is 0.650. The number of nitrogens with zero attached hydrogens (tertiary/aromatic N) is 1. The highest BCUT2D eigenvalue weighted by Crippen LogP contribution is 2.62. The van der Waals surface area contributed by atoms with Crippen LogP contribution >= 0.6 is 12.4 Å². The third-order valence-corrected chi connectivity index (χ3v) is 7.24. The van der Waals surface area contributed by atoms with E-state index in [2.05, 4.69) is 34.5 Å². The van der Waals surface area contributed by atoms with Gasteiger partial charge in [-0.2, -0.15) is 0 Å². The van der Waals surface area contributed by atoms with Crippen molar-refractivity contribution in [2.75, 3.05) is 26.2 Å². The number of carbonyl (C=O) groups is 1. The Morgan fingerprint density at radius 3 is 2.67 bits per heavy atom. The molecule has 1 amide bonds. The lowest BCUT2D eigenvalue weighted by Crippen LogP contribution is -2.45. The lowest BCUT2D eigenvalue weighted by atomic mass is 9.77. The van der Waals surface area contributed by atoms with Crippen LogP contribution in [0.25, 0.3) is 0 Å². The van der Waals surface area contributed by atoms with Crippen molar-refractivity contribution >= 4 is 18.3 Å². The van der Waals surface area contributed by atoms with E-state index in [1.807, 2.05) is 0 Å². The predicted octanol–water partition coefficient (Wildman–Crippen LogP) is 2.91. The maximum absolute atomic E-state index is 13.0. The molecule has 1 aromatic carbocycles. The van der Waals surface area contributed by atoms with Gasteiger partial charge in [-0.1, -0.05) is 24.3 Å². The lowest BCUT2D eigenvalue weighted by Gasteiger charge is -2.39. The van der Waals surface area contributed by atoms with Gasteiger partial charge in [0.15, 0.2) is 0 Å².